The van der Waals surface area contributed by atoms with Crippen molar-refractivity contribution < 1.29 is 0 Å². The predicted molar refractivity (Wildman–Crippen MR) is 44.9 cm³/mol. The average molecular weight is 155 g/mol. The standard InChI is InChI=1S/C9H8.K/c1-2-5-9-7-3-6-8(9)4-1;/h1-6H,7H2;. The van der Waals surface area contributed by atoms with Gasteiger partial charge in [0.2, 0.25) is 0 Å². The molecule has 45 valence electrons. The second-order valence-corrected chi connectivity index (χ2v) is 2.31. The molecule has 10 heavy (non-hydrogen) atoms. The zero-order chi connectivity index (χ0) is 6.10. The van der Waals surface area contributed by atoms with Crippen molar-refractivity contribution in [3.8, 4) is 0 Å². The molecule has 0 heterocycles. The van der Waals surface area contributed by atoms with Crippen LogP contribution in [0.4, 0.5) is 0 Å². The van der Waals surface area contributed by atoms with Crippen LogP contribution in [-0.4, -0.2) is 51.4 Å². The predicted octanol–water partition coefficient (Wildman–Crippen LogP) is 1.88. The van der Waals surface area contributed by atoms with E-state index in [1.54, 1.807) is 0 Å². The van der Waals surface area contributed by atoms with Crippen LogP contribution in [0.3, 0.4) is 0 Å². The van der Waals surface area contributed by atoms with Gasteiger partial charge in [0.25, 0.3) is 0 Å². The van der Waals surface area contributed by atoms with Crippen molar-refractivity contribution in [2.45, 2.75) is 6.42 Å². The molecule has 0 N–H and O–H groups in total. The van der Waals surface area contributed by atoms with E-state index in [-0.39, 0.29) is 51.4 Å². The third-order valence-electron chi connectivity index (χ3n) is 1.69. The smallest absolute Gasteiger partial charge is 0 e. The molecule has 0 aliphatic heterocycles. The minimum atomic E-state index is 0. The van der Waals surface area contributed by atoms with Gasteiger partial charge in [-0.2, -0.15) is 0 Å². The van der Waals surface area contributed by atoms with E-state index in [0.717, 1.165) is 6.42 Å². The Hall–Kier alpha value is 0.596. The topological polar surface area (TPSA) is 0 Å². The van der Waals surface area contributed by atoms with E-state index in [4.69, 9.17) is 0 Å². The van der Waals surface area contributed by atoms with Gasteiger partial charge in [-0.1, -0.05) is 36.4 Å². The Morgan fingerprint density at radius 3 is 2.70 bits per heavy atom. The second-order valence-electron chi connectivity index (χ2n) is 2.31. The molecule has 0 saturated heterocycles. The second kappa shape index (κ2) is 3.84. The average Bonchev–Trinajstić information content (AvgIpc) is 2.33. The van der Waals surface area contributed by atoms with E-state index in [2.05, 4.69) is 36.4 Å². The van der Waals surface area contributed by atoms with Crippen LogP contribution in [-0.2, 0) is 6.42 Å². The molecule has 0 aromatic heterocycles. The molecule has 1 aromatic carbocycles. The molecule has 0 atom stereocenters. The van der Waals surface area contributed by atoms with Gasteiger partial charge in [-0.3, -0.25) is 0 Å². The SMILES string of the molecule is C1=Cc2ccccc2C1.[K]. The van der Waals surface area contributed by atoms with Crippen molar-refractivity contribution in [3.05, 3.63) is 41.5 Å². The summed E-state index contributed by atoms with van der Waals surface area (Å²) in [6.45, 7) is 0. The zero-order valence-electron chi connectivity index (χ0n) is 6.17. The van der Waals surface area contributed by atoms with E-state index in [1.807, 2.05) is 0 Å². The number of benzene rings is 1. The molecule has 1 heteroatoms. The van der Waals surface area contributed by atoms with E-state index >= 15 is 0 Å². The largest absolute Gasteiger partial charge is 0.0795 e. The molecule has 1 aliphatic rings. The van der Waals surface area contributed by atoms with Gasteiger partial charge in [-0.25, -0.2) is 0 Å². The van der Waals surface area contributed by atoms with Crippen LogP contribution in [0, 0.1) is 0 Å². The molecular weight excluding hydrogens is 147 g/mol. The van der Waals surface area contributed by atoms with Gasteiger partial charge in [0.05, 0.1) is 0 Å². The fourth-order valence-electron chi connectivity index (χ4n) is 1.20. The maximum atomic E-state index is 2.20. The summed E-state index contributed by atoms with van der Waals surface area (Å²) in [5.41, 5.74) is 2.84. The Morgan fingerprint density at radius 1 is 1.10 bits per heavy atom. The number of allylic oxidation sites excluding steroid dienone is 1. The first kappa shape index (κ1) is 8.69. The van der Waals surface area contributed by atoms with Gasteiger partial charge in [0.1, 0.15) is 0 Å². The monoisotopic (exact) mass is 155 g/mol. The molecular formula is C9H8K. The summed E-state index contributed by atoms with van der Waals surface area (Å²) in [5, 5.41) is 0. The summed E-state index contributed by atoms with van der Waals surface area (Å²) in [4.78, 5) is 0. The first-order valence-electron chi connectivity index (χ1n) is 3.21. The van der Waals surface area contributed by atoms with Crippen LogP contribution >= 0.6 is 0 Å². The van der Waals surface area contributed by atoms with Crippen LogP contribution in [0.15, 0.2) is 30.3 Å². The van der Waals surface area contributed by atoms with Crippen molar-refractivity contribution in [1.29, 1.82) is 0 Å². The summed E-state index contributed by atoms with van der Waals surface area (Å²) < 4.78 is 0. The Bertz CT molecular complexity index is 251. The van der Waals surface area contributed by atoms with Crippen LogP contribution in [0.5, 0.6) is 0 Å². The Morgan fingerprint density at radius 2 is 1.90 bits per heavy atom. The summed E-state index contributed by atoms with van der Waals surface area (Å²) in [7, 11) is 0. The Kier molecular flexibility index (Phi) is 3.33. The molecule has 0 nitrogen and oxygen atoms in total. The fraction of sp³-hybridized carbons (Fsp3) is 0.111. The van der Waals surface area contributed by atoms with E-state index in [9.17, 15) is 0 Å². The maximum Gasteiger partial charge on any atom is 0 e. The van der Waals surface area contributed by atoms with Crippen LogP contribution < -0.4 is 0 Å². The molecule has 0 fully saturated rings. The minimum absolute atomic E-state index is 0. The van der Waals surface area contributed by atoms with Crippen molar-refractivity contribution >= 4 is 57.5 Å². The number of hydrogen-bond acceptors (Lipinski definition) is 0. The summed E-state index contributed by atoms with van der Waals surface area (Å²) in [6, 6.07) is 8.49. The first-order chi connectivity index (χ1) is 4.47. The van der Waals surface area contributed by atoms with E-state index in [0.29, 0.717) is 0 Å². The van der Waals surface area contributed by atoms with E-state index in [1.165, 1.54) is 11.1 Å². The third kappa shape index (κ3) is 1.60. The number of hydrogen-bond donors (Lipinski definition) is 0. The van der Waals surface area contributed by atoms with Gasteiger partial charge in [0, 0.05) is 51.4 Å². The van der Waals surface area contributed by atoms with Gasteiger partial charge >= 0.3 is 0 Å². The Balaban J connectivity index is 0.000000500. The quantitative estimate of drug-likeness (QED) is 0.502. The van der Waals surface area contributed by atoms with Crippen molar-refractivity contribution in [2.24, 2.45) is 0 Å². The van der Waals surface area contributed by atoms with Crippen LogP contribution in [0.25, 0.3) is 6.08 Å². The van der Waals surface area contributed by atoms with Crippen molar-refractivity contribution in [2.75, 3.05) is 0 Å². The first-order valence-corrected chi connectivity index (χ1v) is 3.21. The van der Waals surface area contributed by atoms with Gasteiger partial charge in [-0.05, 0) is 17.5 Å². The van der Waals surface area contributed by atoms with Crippen molar-refractivity contribution in [3.63, 3.8) is 0 Å². The minimum Gasteiger partial charge on any atom is -0.0795 e. The normalized spacial score (nSPS) is 12.4. The molecule has 1 aliphatic carbocycles. The molecule has 0 saturated carbocycles. The van der Waals surface area contributed by atoms with Crippen molar-refractivity contribution in [1.82, 2.24) is 0 Å². The van der Waals surface area contributed by atoms with Gasteiger partial charge < -0.3 is 0 Å². The number of rotatable bonds is 0. The molecule has 0 spiro atoms. The molecule has 0 amide bonds. The number of fused-ring (bicyclic) bond motifs is 1. The molecule has 1 aromatic rings. The molecule has 0 bridgehead atoms. The molecule has 1 radical (unpaired) electrons. The molecule has 0 unspecified atom stereocenters. The van der Waals surface area contributed by atoms with E-state index < -0.39 is 0 Å². The molecule has 2 rings (SSSR count). The summed E-state index contributed by atoms with van der Waals surface area (Å²) in [5.74, 6) is 0. The Labute approximate surface area is 104 Å². The summed E-state index contributed by atoms with van der Waals surface area (Å²) >= 11 is 0. The van der Waals surface area contributed by atoms with Gasteiger partial charge in [0.15, 0.2) is 0 Å². The third-order valence-corrected chi connectivity index (χ3v) is 1.69. The van der Waals surface area contributed by atoms with Crippen LogP contribution in [0.2, 0.25) is 0 Å². The van der Waals surface area contributed by atoms with Gasteiger partial charge in [-0.15, -0.1) is 0 Å². The maximum absolute atomic E-state index is 2.20. The fourth-order valence-corrected chi connectivity index (χ4v) is 1.20. The zero-order valence-corrected chi connectivity index (χ0v) is 9.29. The summed E-state index contributed by atoms with van der Waals surface area (Å²) in [6.07, 6.45) is 5.50. The van der Waals surface area contributed by atoms with Crippen LogP contribution in [0.1, 0.15) is 11.1 Å².